The van der Waals surface area contributed by atoms with Gasteiger partial charge in [0.2, 0.25) is 5.91 Å². The lowest BCUT2D eigenvalue weighted by atomic mass is 9.92. The SMILES string of the molecule is Cc1nccc(-c2ccc(C[C@H](NC(=O)[C@@H]3Cc4cc5c(cc4CN3C(=O)N(C)C)O[C@@H](c3ccc(OCc4ccc(Cl)c(Cl)c4)cc3)CO5)C(=O)O)cc2)c1C. The van der Waals surface area contributed by atoms with Gasteiger partial charge in [0.05, 0.1) is 10.0 Å². The second-order valence-electron chi connectivity index (χ2n) is 14.5. The number of carboxylic acid groups (broad SMARTS) is 1. The van der Waals surface area contributed by atoms with Gasteiger partial charge in [-0.2, -0.15) is 0 Å². The van der Waals surface area contributed by atoms with Crippen molar-refractivity contribution in [2.24, 2.45) is 0 Å². The number of urea groups is 1. The molecule has 3 atom stereocenters. The van der Waals surface area contributed by atoms with Gasteiger partial charge < -0.3 is 34.4 Å². The van der Waals surface area contributed by atoms with Crippen LogP contribution in [-0.4, -0.2) is 70.6 Å². The van der Waals surface area contributed by atoms with Crippen LogP contribution in [0.15, 0.2) is 91.1 Å². The largest absolute Gasteiger partial charge is 0.489 e. The standard InChI is InChI=1S/C44H42Cl2N4O7/c1-25-26(2)47-16-15-34(25)29-8-5-27(6-9-29)18-37(43(52)53)48-42(51)38-19-31-20-39-40(21-32(31)22-50(38)44(54)49(3)4)57-41(24-56-39)30-10-12-33(13-11-30)55-23-28-7-14-35(45)36(46)17-28/h5-17,20-21,37-38,41H,18-19,22-24H2,1-4H3,(H,48,51)(H,52,53)/t37-,38-,41+/m0/s1. The third-order valence-electron chi connectivity index (χ3n) is 10.4. The molecule has 57 heavy (non-hydrogen) atoms. The van der Waals surface area contributed by atoms with Crippen molar-refractivity contribution in [3.63, 3.8) is 0 Å². The number of ether oxygens (including phenoxy) is 3. The van der Waals surface area contributed by atoms with E-state index in [9.17, 15) is 19.5 Å². The molecule has 0 fully saturated rings. The van der Waals surface area contributed by atoms with Crippen molar-refractivity contribution in [3.05, 3.63) is 140 Å². The molecule has 0 bridgehead atoms. The molecule has 5 aromatic rings. The van der Waals surface area contributed by atoms with Gasteiger partial charge in [-0.3, -0.25) is 9.78 Å². The smallest absolute Gasteiger partial charge is 0.326 e. The summed E-state index contributed by atoms with van der Waals surface area (Å²) in [7, 11) is 3.23. The lowest BCUT2D eigenvalue weighted by molar-refractivity contribution is -0.142. The van der Waals surface area contributed by atoms with E-state index < -0.39 is 30.1 Å². The number of aryl methyl sites for hydroxylation is 1. The van der Waals surface area contributed by atoms with Crippen LogP contribution in [0.25, 0.3) is 11.1 Å². The first-order chi connectivity index (χ1) is 27.3. The lowest BCUT2D eigenvalue weighted by Crippen LogP contribution is -2.57. The highest BCUT2D eigenvalue weighted by Crippen LogP contribution is 2.41. The van der Waals surface area contributed by atoms with Crippen LogP contribution in [0.4, 0.5) is 4.79 Å². The molecular formula is C44H42Cl2N4O7. The minimum Gasteiger partial charge on any atom is -0.489 e. The number of pyridine rings is 1. The molecule has 0 spiro atoms. The molecule has 0 aliphatic carbocycles. The number of hydrogen-bond donors (Lipinski definition) is 2. The average Bonchev–Trinajstić information content (AvgIpc) is 3.20. The zero-order chi connectivity index (χ0) is 40.4. The molecule has 1 aromatic heterocycles. The van der Waals surface area contributed by atoms with E-state index in [1.54, 1.807) is 32.4 Å². The van der Waals surface area contributed by atoms with Gasteiger partial charge in [0.25, 0.3) is 0 Å². The van der Waals surface area contributed by atoms with Gasteiger partial charge in [0.15, 0.2) is 17.6 Å². The van der Waals surface area contributed by atoms with Gasteiger partial charge in [0, 0.05) is 45.4 Å². The molecule has 2 aliphatic heterocycles. The van der Waals surface area contributed by atoms with Crippen LogP contribution in [0.2, 0.25) is 10.0 Å². The van der Waals surface area contributed by atoms with Crippen LogP contribution in [-0.2, 0) is 35.6 Å². The monoisotopic (exact) mass is 808 g/mol. The van der Waals surface area contributed by atoms with Crippen LogP contribution < -0.4 is 19.5 Å². The normalized spacial score (nSPS) is 16.3. The average molecular weight is 810 g/mol. The van der Waals surface area contributed by atoms with Crippen molar-refractivity contribution in [3.8, 4) is 28.4 Å². The number of rotatable bonds is 10. The van der Waals surface area contributed by atoms with Crippen LogP contribution in [0.5, 0.6) is 17.2 Å². The van der Waals surface area contributed by atoms with E-state index in [0.29, 0.717) is 33.9 Å². The summed E-state index contributed by atoms with van der Waals surface area (Å²) in [5, 5.41) is 13.9. The Morgan fingerprint density at radius 1 is 0.930 bits per heavy atom. The summed E-state index contributed by atoms with van der Waals surface area (Å²) in [5.41, 5.74) is 8.19. The Balaban J connectivity index is 1.03. The third-order valence-corrected chi connectivity index (χ3v) is 11.1. The van der Waals surface area contributed by atoms with E-state index in [1.807, 2.05) is 86.6 Å². The van der Waals surface area contributed by atoms with E-state index in [-0.39, 0.29) is 32.0 Å². The molecule has 0 unspecified atom stereocenters. The summed E-state index contributed by atoms with van der Waals surface area (Å²) in [5.74, 6) is 0.00511. The lowest BCUT2D eigenvalue weighted by Gasteiger charge is -2.38. The molecule has 11 nitrogen and oxygen atoms in total. The van der Waals surface area contributed by atoms with Gasteiger partial charge in [0.1, 0.15) is 31.0 Å². The van der Waals surface area contributed by atoms with E-state index in [4.69, 9.17) is 37.4 Å². The predicted molar refractivity (Wildman–Crippen MR) is 217 cm³/mol. The first-order valence-corrected chi connectivity index (χ1v) is 19.2. The summed E-state index contributed by atoms with van der Waals surface area (Å²) < 4.78 is 18.5. The number of carbonyl (C=O) groups is 3. The second-order valence-corrected chi connectivity index (χ2v) is 15.3. The number of halogens is 2. The fourth-order valence-electron chi connectivity index (χ4n) is 7.06. The number of nitrogens with one attached hydrogen (secondary N) is 1. The van der Waals surface area contributed by atoms with E-state index >= 15 is 0 Å². The number of aliphatic carboxylic acids is 1. The Kier molecular flexibility index (Phi) is 11.6. The zero-order valence-electron chi connectivity index (χ0n) is 31.9. The Morgan fingerprint density at radius 3 is 2.35 bits per heavy atom. The van der Waals surface area contributed by atoms with Crippen LogP contribution in [0, 0.1) is 13.8 Å². The summed E-state index contributed by atoms with van der Waals surface area (Å²) in [6.07, 6.45) is 1.60. The highest BCUT2D eigenvalue weighted by molar-refractivity contribution is 6.42. The maximum atomic E-state index is 13.9. The number of aromatic nitrogens is 1. The highest BCUT2D eigenvalue weighted by atomic mass is 35.5. The summed E-state index contributed by atoms with van der Waals surface area (Å²) >= 11 is 12.2. The zero-order valence-corrected chi connectivity index (χ0v) is 33.4. The van der Waals surface area contributed by atoms with Crippen LogP contribution >= 0.6 is 23.2 Å². The molecule has 294 valence electrons. The van der Waals surface area contributed by atoms with Gasteiger partial charge in [-0.25, -0.2) is 9.59 Å². The molecular weight excluding hydrogens is 767 g/mol. The quantitative estimate of drug-likeness (QED) is 0.145. The van der Waals surface area contributed by atoms with Crippen molar-refractivity contribution in [2.75, 3.05) is 20.7 Å². The minimum absolute atomic E-state index is 0.0645. The Morgan fingerprint density at radius 2 is 1.65 bits per heavy atom. The fourth-order valence-corrected chi connectivity index (χ4v) is 7.38. The van der Waals surface area contributed by atoms with Gasteiger partial charge in [-0.1, -0.05) is 65.7 Å². The number of hydrogen-bond acceptors (Lipinski definition) is 7. The number of fused-ring (bicyclic) bond motifs is 2. The molecule has 0 radical (unpaired) electrons. The highest BCUT2D eigenvalue weighted by Gasteiger charge is 2.38. The molecule has 0 saturated carbocycles. The molecule has 13 heteroatoms. The Bertz CT molecular complexity index is 2320. The predicted octanol–water partition coefficient (Wildman–Crippen LogP) is 7.98. The van der Waals surface area contributed by atoms with Crippen LogP contribution in [0.3, 0.4) is 0 Å². The van der Waals surface area contributed by atoms with E-state index in [1.165, 1.54) is 9.80 Å². The number of amides is 3. The Hall–Kier alpha value is -5.78. The molecule has 3 heterocycles. The molecule has 3 amide bonds. The third kappa shape index (κ3) is 8.80. The van der Waals surface area contributed by atoms with Gasteiger partial charge in [-0.15, -0.1) is 0 Å². The molecule has 4 aromatic carbocycles. The fraction of sp³-hybridized carbons (Fsp3) is 0.273. The molecule has 2 N–H and O–H groups in total. The number of carboxylic acids is 1. The number of carbonyl (C=O) groups excluding carboxylic acids is 2. The number of nitrogens with zero attached hydrogens (tertiary/aromatic N) is 3. The maximum absolute atomic E-state index is 13.9. The van der Waals surface area contributed by atoms with Crippen molar-refractivity contribution < 1.29 is 33.7 Å². The second kappa shape index (κ2) is 16.8. The summed E-state index contributed by atoms with van der Waals surface area (Å²) in [6.45, 7) is 4.67. The minimum atomic E-state index is -1.22. The van der Waals surface area contributed by atoms with Gasteiger partial charge >= 0.3 is 12.0 Å². The first kappa shape index (κ1) is 39.5. The number of benzene rings is 4. The first-order valence-electron chi connectivity index (χ1n) is 18.5. The van der Waals surface area contributed by atoms with Crippen molar-refractivity contribution >= 4 is 41.1 Å². The van der Waals surface area contributed by atoms with Crippen LogP contribution in [0.1, 0.15) is 45.2 Å². The molecule has 0 saturated heterocycles. The topological polar surface area (TPSA) is 131 Å². The Labute approximate surface area is 341 Å². The molecule has 7 rings (SSSR count). The van der Waals surface area contributed by atoms with Crippen molar-refractivity contribution in [1.29, 1.82) is 0 Å². The van der Waals surface area contributed by atoms with Gasteiger partial charge in [-0.05, 0) is 101 Å². The maximum Gasteiger partial charge on any atom is 0.326 e. The van der Waals surface area contributed by atoms with Crippen molar-refractivity contribution in [1.82, 2.24) is 20.1 Å². The molecule has 2 aliphatic rings. The summed E-state index contributed by atoms with van der Waals surface area (Å²) in [6, 6.07) is 23.7. The van der Waals surface area contributed by atoms with Crippen molar-refractivity contribution in [2.45, 2.75) is 58.0 Å². The summed E-state index contributed by atoms with van der Waals surface area (Å²) in [4.78, 5) is 47.1. The van der Waals surface area contributed by atoms with E-state index in [0.717, 1.165) is 50.2 Å². The van der Waals surface area contributed by atoms with E-state index in [2.05, 4.69) is 10.3 Å².